The molecule has 3 nitrogen and oxygen atoms in total. The van der Waals surface area contributed by atoms with Crippen LogP contribution < -0.4 is 5.32 Å². The molecule has 0 aromatic heterocycles. The van der Waals surface area contributed by atoms with Gasteiger partial charge < -0.3 is 15.2 Å². The molecule has 0 aromatic rings. The number of carbonyl (C=O) groups excluding carboxylic acids is 1. The van der Waals surface area contributed by atoms with Crippen molar-refractivity contribution < 1.29 is 9.90 Å². The summed E-state index contributed by atoms with van der Waals surface area (Å²) >= 11 is 0. The summed E-state index contributed by atoms with van der Waals surface area (Å²) in [7, 11) is 0. The Labute approximate surface area is 66.8 Å². The lowest BCUT2D eigenvalue weighted by Gasteiger charge is -2.34. The molecule has 3 heteroatoms. The van der Waals surface area contributed by atoms with Gasteiger partial charge in [-0.3, -0.25) is 0 Å². The second-order valence-electron chi connectivity index (χ2n) is 3.80. The molecule has 0 saturated carbocycles. The molecule has 2 N–H and O–H groups in total. The first kappa shape index (κ1) is 8.68. The van der Waals surface area contributed by atoms with Gasteiger partial charge in [-0.15, -0.1) is 0 Å². The average Bonchev–Trinajstić information content (AvgIpc) is 2.38. The summed E-state index contributed by atoms with van der Waals surface area (Å²) in [5, 5.41) is 13.0. The number of β-amino-alcohol motifs (C(OH)–C–C–N with tert-alkyl or cyclic N) is 1. The predicted molar refractivity (Wildman–Crippen MR) is 42.3 cm³/mol. The Morgan fingerprint density at radius 1 is 1.64 bits per heavy atom. The maximum absolute atomic E-state index is 10.6. The van der Waals surface area contributed by atoms with Crippen LogP contribution in [0.25, 0.3) is 0 Å². The quantitative estimate of drug-likeness (QED) is 0.552. The number of nitrogens with one attached hydrogen (secondary N) is 1. The number of hydrogen-bond donors (Lipinski definition) is 2. The Bertz CT molecular complexity index is 159. The molecule has 11 heavy (non-hydrogen) atoms. The first-order valence-electron chi connectivity index (χ1n) is 3.91. The van der Waals surface area contributed by atoms with Crippen LogP contribution in [0.3, 0.4) is 0 Å². The third kappa shape index (κ3) is 1.30. The molecular weight excluding hydrogens is 142 g/mol. The number of aliphatic hydroxyl groups is 1. The molecule has 1 aliphatic heterocycles. The smallest absolute Gasteiger partial charge is 0.128 e. The standard InChI is InChI=1S/C8H15NO2/c1-7(2,6-10)8(11)3-4-9-5-8/h6,9,11H,3-5H2,1-2H3. The minimum absolute atomic E-state index is 0.527. The van der Waals surface area contributed by atoms with E-state index in [1.165, 1.54) is 0 Å². The number of rotatable bonds is 2. The van der Waals surface area contributed by atoms with E-state index in [2.05, 4.69) is 5.32 Å². The van der Waals surface area contributed by atoms with Crippen LogP contribution >= 0.6 is 0 Å². The minimum Gasteiger partial charge on any atom is -0.387 e. The molecule has 1 aliphatic rings. The van der Waals surface area contributed by atoms with Gasteiger partial charge in [0.25, 0.3) is 0 Å². The van der Waals surface area contributed by atoms with Crippen molar-refractivity contribution in [1.82, 2.24) is 5.32 Å². The van der Waals surface area contributed by atoms with E-state index in [4.69, 9.17) is 0 Å². The van der Waals surface area contributed by atoms with E-state index in [9.17, 15) is 9.90 Å². The lowest BCUT2D eigenvalue weighted by Crippen LogP contribution is -2.47. The van der Waals surface area contributed by atoms with Gasteiger partial charge in [0.1, 0.15) is 6.29 Å². The van der Waals surface area contributed by atoms with Gasteiger partial charge >= 0.3 is 0 Å². The van der Waals surface area contributed by atoms with Gasteiger partial charge in [-0.05, 0) is 13.0 Å². The van der Waals surface area contributed by atoms with Crippen molar-refractivity contribution in [3.63, 3.8) is 0 Å². The Kier molecular flexibility index (Phi) is 2.03. The molecule has 0 amide bonds. The topological polar surface area (TPSA) is 49.3 Å². The normalized spacial score (nSPS) is 32.3. The van der Waals surface area contributed by atoms with Gasteiger partial charge in [-0.2, -0.15) is 0 Å². The maximum atomic E-state index is 10.6. The van der Waals surface area contributed by atoms with Crippen LogP contribution in [0.15, 0.2) is 0 Å². The largest absolute Gasteiger partial charge is 0.387 e. The molecule has 0 aliphatic carbocycles. The molecule has 1 rings (SSSR count). The first-order valence-corrected chi connectivity index (χ1v) is 3.91. The van der Waals surface area contributed by atoms with E-state index < -0.39 is 11.0 Å². The first-order chi connectivity index (χ1) is 5.02. The monoisotopic (exact) mass is 157 g/mol. The van der Waals surface area contributed by atoms with Gasteiger partial charge in [0.15, 0.2) is 0 Å². The van der Waals surface area contributed by atoms with E-state index in [0.29, 0.717) is 13.0 Å². The third-order valence-corrected chi connectivity index (χ3v) is 2.63. The van der Waals surface area contributed by atoms with Crippen LogP contribution in [0.1, 0.15) is 20.3 Å². The van der Waals surface area contributed by atoms with E-state index in [1.54, 1.807) is 13.8 Å². The van der Waals surface area contributed by atoms with Crippen molar-refractivity contribution in [3.8, 4) is 0 Å². The Morgan fingerprint density at radius 2 is 2.27 bits per heavy atom. The molecule has 0 radical (unpaired) electrons. The molecule has 64 valence electrons. The van der Waals surface area contributed by atoms with E-state index in [1.807, 2.05) is 0 Å². The van der Waals surface area contributed by atoms with E-state index >= 15 is 0 Å². The van der Waals surface area contributed by atoms with Crippen LogP contribution in [0.5, 0.6) is 0 Å². The van der Waals surface area contributed by atoms with Crippen molar-refractivity contribution >= 4 is 6.29 Å². The highest BCUT2D eigenvalue weighted by Gasteiger charge is 2.45. The Balaban J connectivity index is 2.77. The highest BCUT2D eigenvalue weighted by molar-refractivity contribution is 5.60. The number of aldehydes is 1. The van der Waals surface area contributed by atoms with Gasteiger partial charge in [-0.1, -0.05) is 13.8 Å². The molecule has 1 atom stereocenters. The fourth-order valence-corrected chi connectivity index (χ4v) is 1.34. The number of carbonyl (C=O) groups is 1. The zero-order valence-electron chi connectivity index (χ0n) is 7.05. The predicted octanol–water partition coefficient (Wildman–Crippen LogP) is -0.0641. The zero-order chi connectivity index (χ0) is 8.54. The lowest BCUT2D eigenvalue weighted by atomic mass is 9.75. The van der Waals surface area contributed by atoms with Gasteiger partial charge in [-0.25, -0.2) is 0 Å². The molecule has 0 spiro atoms. The van der Waals surface area contributed by atoms with Crippen LogP contribution in [0.2, 0.25) is 0 Å². The molecule has 1 saturated heterocycles. The maximum Gasteiger partial charge on any atom is 0.128 e. The molecule has 1 unspecified atom stereocenters. The summed E-state index contributed by atoms with van der Waals surface area (Å²) < 4.78 is 0. The van der Waals surface area contributed by atoms with Crippen molar-refractivity contribution in [2.45, 2.75) is 25.9 Å². The average molecular weight is 157 g/mol. The van der Waals surface area contributed by atoms with Crippen LogP contribution in [0.4, 0.5) is 0 Å². The molecular formula is C8H15NO2. The Morgan fingerprint density at radius 3 is 2.64 bits per heavy atom. The van der Waals surface area contributed by atoms with Gasteiger partial charge in [0, 0.05) is 6.54 Å². The van der Waals surface area contributed by atoms with Crippen molar-refractivity contribution in [1.29, 1.82) is 0 Å². The highest BCUT2D eigenvalue weighted by atomic mass is 16.3. The van der Waals surface area contributed by atoms with Gasteiger partial charge in [0.05, 0.1) is 11.0 Å². The van der Waals surface area contributed by atoms with Gasteiger partial charge in [0.2, 0.25) is 0 Å². The molecule has 1 fully saturated rings. The summed E-state index contributed by atoms with van der Waals surface area (Å²) in [6.45, 7) is 4.87. The van der Waals surface area contributed by atoms with Crippen molar-refractivity contribution in [3.05, 3.63) is 0 Å². The third-order valence-electron chi connectivity index (χ3n) is 2.63. The summed E-state index contributed by atoms with van der Waals surface area (Å²) in [5.41, 5.74) is -1.47. The van der Waals surface area contributed by atoms with Crippen LogP contribution in [-0.2, 0) is 4.79 Å². The summed E-state index contributed by atoms with van der Waals surface area (Å²) in [6, 6.07) is 0. The van der Waals surface area contributed by atoms with Crippen LogP contribution in [-0.4, -0.2) is 30.1 Å². The SMILES string of the molecule is CC(C)(C=O)C1(O)CCNC1. The fourth-order valence-electron chi connectivity index (χ4n) is 1.34. The van der Waals surface area contributed by atoms with E-state index in [0.717, 1.165) is 12.8 Å². The summed E-state index contributed by atoms with van der Waals surface area (Å²) in [6.07, 6.45) is 1.50. The lowest BCUT2D eigenvalue weighted by molar-refractivity contribution is -0.128. The van der Waals surface area contributed by atoms with Crippen molar-refractivity contribution in [2.75, 3.05) is 13.1 Å². The van der Waals surface area contributed by atoms with Crippen LogP contribution in [0, 0.1) is 5.41 Å². The summed E-state index contributed by atoms with van der Waals surface area (Å²) in [5.74, 6) is 0. The molecule has 0 aromatic carbocycles. The second kappa shape index (κ2) is 2.57. The van der Waals surface area contributed by atoms with E-state index in [-0.39, 0.29) is 0 Å². The highest BCUT2D eigenvalue weighted by Crippen LogP contribution is 2.33. The Hall–Kier alpha value is -0.410. The zero-order valence-corrected chi connectivity index (χ0v) is 7.05. The summed E-state index contributed by atoms with van der Waals surface area (Å²) in [4.78, 5) is 10.6. The fraction of sp³-hybridized carbons (Fsp3) is 0.875. The molecule has 1 heterocycles. The molecule has 0 bridgehead atoms. The second-order valence-corrected chi connectivity index (χ2v) is 3.80. The van der Waals surface area contributed by atoms with Crippen molar-refractivity contribution in [2.24, 2.45) is 5.41 Å². The number of hydrogen-bond acceptors (Lipinski definition) is 3. The minimum atomic E-state index is -0.839.